The molecule has 1 aliphatic rings. The predicted octanol–water partition coefficient (Wildman–Crippen LogP) is 3.84. The monoisotopic (exact) mass is 450 g/mol. The van der Waals surface area contributed by atoms with Gasteiger partial charge in [-0.3, -0.25) is 9.52 Å². The summed E-state index contributed by atoms with van der Waals surface area (Å²) >= 11 is 0. The van der Waals surface area contributed by atoms with Crippen molar-refractivity contribution in [1.29, 1.82) is 0 Å². The van der Waals surface area contributed by atoms with Gasteiger partial charge < -0.3 is 4.90 Å². The zero-order valence-electron chi connectivity index (χ0n) is 18.2. The molecule has 1 saturated heterocycles. The molecule has 1 aromatic heterocycles. The van der Waals surface area contributed by atoms with E-state index in [-0.39, 0.29) is 5.91 Å². The van der Waals surface area contributed by atoms with E-state index in [0.29, 0.717) is 36.1 Å². The maximum Gasteiger partial charge on any atom is 0.253 e. The Morgan fingerprint density at radius 1 is 1.03 bits per heavy atom. The number of rotatable bonds is 5. The van der Waals surface area contributed by atoms with E-state index in [2.05, 4.69) is 26.8 Å². The van der Waals surface area contributed by atoms with Crippen LogP contribution >= 0.6 is 0 Å². The normalized spacial score (nSPS) is 14.9. The first kappa shape index (κ1) is 22.0. The van der Waals surface area contributed by atoms with Crippen molar-refractivity contribution in [2.45, 2.75) is 25.7 Å². The molecule has 3 aromatic rings. The van der Waals surface area contributed by atoms with Crippen LogP contribution in [0.3, 0.4) is 0 Å². The molecule has 166 valence electrons. The SMILES string of the molecule is Cc1ccc(C(=O)N2CCC(c3ccc(-c4ncccn4)cc3)CC2)cc1NS(C)(=O)=O. The van der Waals surface area contributed by atoms with Gasteiger partial charge in [-0.25, -0.2) is 18.4 Å². The number of hydrogen-bond acceptors (Lipinski definition) is 5. The van der Waals surface area contributed by atoms with Gasteiger partial charge in [0.15, 0.2) is 5.82 Å². The summed E-state index contributed by atoms with van der Waals surface area (Å²) in [5.74, 6) is 1.03. The van der Waals surface area contributed by atoms with E-state index in [1.807, 2.05) is 24.0 Å². The van der Waals surface area contributed by atoms with E-state index in [1.165, 1.54) is 5.56 Å². The molecule has 1 aliphatic heterocycles. The number of likely N-dealkylation sites (tertiary alicyclic amines) is 1. The number of aryl methyl sites for hydroxylation is 1. The minimum Gasteiger partial charge on any atom is -0.339 e. The number of benzene rings is 2. The van der Waals surface area contributed by atoms with Gasteiger partial charge in [-0.1, -0.05) is 30.3 Å². The second-order valence-electron chi connectivity index (χ2n) is 8.16. The molecular weight excluding hydrogens is 424 g/mol. The van der Waals surface area contributed by atoms with Crippen LogP contribution in [-0.2, 0) is 10.0 Å². The molecule has 2 heterocycles. The number of sulfonamides is 1. The number of nitrogens with zero attached hydrogens (tertiary/aromatic N) is 3. The van der Waals surface area contributed by atoms with E-state index >= 15 is 0 Å². The van der Waals surface area contributed by atoms with Crippen LogP contribution < -0.4 is 4.72 Å². The summed E-state index contributed by atoms with van der Waals surface area (Å²) in [4.78, 5) is 23.4. The summed E-state index contributed by atoms with van der Waals surface area (Å²) in [7, 11) is -3.41. The fourth-order valence-corrected chi connectivity index (χ4v) is 4.64. The zero-order valence-corrected chi connectivity index (χ0v) is 19.0. The molecule has 0 spiro atoms. The highest BCUT2D eigenvalue weighted by atomic mass is 32.2. The van der Waals surface area contributed by atoms with Crippen LogP contribution in [0, 0.1) is 6.92 Å². The second-order valence-corrected chi connectivity index (χ2v) is 9.91. The second kappa shape index (κ2) is 9.08. The van der Waals surface area contributed by atoms with Crippen molar-refractivity contribution in [3.05, 3.63) is 77.6 Å². The number of hydrogen-bond donors (Lipinski definition) is 1. The van der Waals surface area contributed by atoms with Crippen LogP contribution in [0.15, 0.2) is 60.9 Å². The molecule has 32 heavy (non-hydrogen) atoms. The van der Waals surface area contributed by atoms with Gasteiger partial charge in [0.25, 0.3) is 5.91 Å². The number of nitrogens with one attached hydrogen (secondary N) is 1. The molecule has 1 fully saturated rings. The Labute approximate surface area is 188 Å². The highest BCUT2D eigenvalue weighted by Crippen LogP contribution is 2.30. The van der Waals surface area contributed by atoms with Gasteiger partial charge in [0.1, 0.15) is 0 Å². The van der Waals surface area contributed by atoms with E-state index < -0.39 is 10.0 Å². The molecule has 2 aromatic carbocycles. The van der Waals surface area contributed by atoms with Crippen LogP contribution in [0.2, 0.25) is 0 Å². The van der Waals surface area contributed by atoms with Crippen molar-refractivity contribution in [1.82, 2.24) is 14.9 Å². The highest BCUT2D eigenvalue weighted by Gasteiger charge is 2.25. The first-order chi connectivity index (χ1) is 15.3. The number of piperidine rings is 1. The standard InChI is InChI=1S/C24H26N4O3S/c1-17-4-5-21(16-22(17)27-32(2,30)31)24(29)28-14-10-19(11-15-28)18-6-8-20(9-7-18)23-25-12-3-13-26-23/h3-9,12-13,16,19,27H,10-11,14-15H2,1-2H3. The summed E-state index contributed by atoms with van der Waals surface area (Å²) in [6.07, 6.45) is 6.33. The summed E-state index contributed by atoms with van der Waals surface area (Å²) in [5, 5.41) is 0. The Bertz CT molecular complexity index is 1200. The number of carbonyl (C=O) groups is 1. The number of carbonyl (C=O) groups excluding carboxylic acids is 1. The maximum atomic E-state index is 13.0. The van der Waals surface area contributed by atoms with Crippen molar-refractivity contribution in [3.63, 3.8) is 0 Å². The van der Waals surface area contributed by atoms with Crippen LogP contribution in [-0.4, -0.2) is 48.5 Å². The molecule has 0 unspecified atom stereocenters. The predicted molar refractivity (Wildman–Crippen MR) is 125 cm³/mol. The molecule has 4 rings (SSSR count). The third-order valence-corrected chi connectivity index (χ3v) is 6.36. The molecule has 0 bridgehead atoms. The zero-order chi connectivity index (χ0) is 22.7. The Kier molecular flexibility index (Phi) is 6.23. The van der Waals surface area contributed by atoms with Gasteiger partial charge in [-0.2, -0.15) is 0 Å². The smallest absolute Gasteiger partial charge is 0.253 e. The fourth-order valence-electron chi connectivity index (χ4n) is 4.02. The lowest BCUT2D eigenvalue weighted by Crippen LogP contribution is -2.38. The average molecular weight is 451 g/mol. The Morgan fingerprint density at radius 2 is 1.69 bits per heavy atom. The summed E-state index contributed by atoms with van der Waals surface area (Å²) in [6, 6.07) is 15.3. The van der Waals surface area contributed by atoms with E-state index in [9.17, 15) is 13.2 Å². The van der Waals surface area contributed by atoms with Gasteiger partial charge in [-0.15, -0.1) is 0 Å². The molecule has 0 atom stereocenters. The molecule has 1 amide bonds. The average Bonchev–Trinajstić information content (AvgIpc) is 2.80. The quantitative estimate of drug-likeness (QED) is 0.638. The molecule has 8 heteroatoms. The maximum absolute atomic E-state index is 13.0. The Morgan fingerprint density at radius 3 is 2.31 bits per heavy atom. The van der Waals surface area contributed by atoms with Crippen LogP contribution in [0.1, 0.15) is 40.2 Å². The Balaban J connectivity index is 1.40. The molecule has 7 nitrogen and oxygen atoms in total. The number of amides is 1. The summed E-state index contributed by atoms with van der Waals surface area (Å²) in [5.41, 5.74) is 3.95. The third kappa shape index (κ3) is 5.13. The lowest BCUT2D eigenvalue weighted by Gasteiger charge is -2.32. The lowest BCUT2D eigenvalue weighted by molar-refractivity contribution is 0.0713. The number of aromatic nitrogens is 2. The van der Waals surface area contributed by atoms with Crippen LogP contribution in [0.5, 0.6) is 0 Å². The molecule has 0 saturated carbocycles. The van der Waals surface area contributed by atoms with Gasteiger partial charge in [0.05, 0.1) is 11.9 Å². The van der Waals surface area contributed by atoms with Gasteiger partial charge in [0.2, 0.25) is 10.0 Å². The Hall–Kier alpha value is -3.26. The first-order valence-electron chi connectivity index (χ1n) is 10.6. The first-order valence-corrected chi connectivity index (χ1v) is 12.4. The fraction of sp³-hybridized carbons (Fsp3) is 0.292. The van der Waals surface area contributed by atoms with Crippen molar-refractivity contribution < 1.29 is 13.2 Å². The molecule has 0 aliphatic carbocycles. The number of anilines is 1. The van der Waals surface area contributed by atoms with E-state index in [4.69, 9.17) is 0 Å². The largest absolute Gasteiger partial charge is 0.339 e. The van der Waals surface area contributed by atoms with Gasteiger partial charge in [-0.05, 0) is 55.0 Å². The van der Waals surface area contributed by atoms with Gasteiger partial charge >= 0.3 is 0 Å². The summed E-state index contributed by atoms with van der Waals surface area (Å²) in [6.45, 7) is 3.13. The highest BCUT2D eigenvalue weighted by molar-refractivity contribution is 7.92. The van der Waals surface area contributed by atoms with Gasteiger partial charge in [0, 0.05) is 36.6 Å². The topological polar surface area (TPSA) is 92.3 Å². The molecule has 0 radical (unpaired) electrons. The van der Waals surface area contributed by atoms with E-state index in [0.717, 1.165) is 30.2 Å². The van der Waals surface area contributed by atoms with Crippen LogP contribution in [0.4, 0.5) is 5.69 Å². The minimum atomic E-state index is -3.41. The molecule has 1 N–H and O–H groups in total. The van der Waals surface area contributed by atoms with Crippen molar-refractivity contribution in [2.24, 2.45) is 0 Å². The molecular formula is C24H26N4O3S. The third-order valence-electron chi connectivity index (χ3n) is 5.77. The van der Waals surface area contributed by atoms with Crippen LogP contribution in [0.25, 0.3) is 11.4 Å². The van der Waals surface area contributed by atoms with Crippen molar-refractivity contribution in [3.8, 4) is 11.4 Å². The van der Waals surface area contributed by atoms with E-state index in [1.54, 1.807) is 36.7 Å². The summed E-state index contributed by atoms with van der Waals surface area (Å²) < 4.78 is 25.7. The lowest BCUT2D eigenvalue weighted by atomic mass is 9.88. The van der Waals surface area contributed by atoms with Crippen molar-refractivity contribution >= 4 is 21.6 Å². The van der Waals surface area contributed by atoms with Crippen molar-refractivity contribution in [2.75, 3.05) is 24.1 Å². The minimum absolute atomic E-state index is 0.0726.